The van der Waals surface area contributed by atoms with Gasteiger partial charge in [-0.05, 0) is 64.3 Å². The van der Waals surface area contributed by atoms with Crippen molar-refractivity contribution in [2.45, 2.75) is 33.6 Å². The molecule has 0 aromatic carbocycles. The van der Waals surface area contributed by atoms with E-state index in [0.717, 1.165) is 31.1 Å². The molecule has 1 aromatic rings. The number of carbonyl (C=O) groups is 1. The first-order valence-electron chi connectivity index (χ1n) is 7.18. The molecule has 0 unspecified atom stereocenters. The molecule has 1 aromatic heterocycles. The van der Waals surface area contributed by atoms with Gasteiger partial charge in [-0.25, -0.2) is 0 Å². The van der Waals surface area contributed by atoms with Crippen LogP contribution < -0.4 is 5.32 Å². The van der Waals surface area contributed by atoms with Crippen molar-refractivity contribution >= 4 is 17.2 Å². The molecule has 2 heterocycles. The Kier molecular flexibility index (Phi) is 4.99. The molecule has 3 nitrogen and oxygen atoms in total. The van der Waals surface area contributed by atoms with Crippen LogP contribution in [-0.2, 0) is 0 Å². The first kappa shape index (κ1) is 14.5. The van der Waals surface area contributed by atoms with E-state index in [1.165, 1.54) is 23.3 Å². The monoisotopic (exact) mass is 280 g/mol. The number of hydrogen-bond acceptors (Lipinski definition) is 3. The van der Waals surface area contributed by atoms with Crippen molar-refractivity contribution < 1.29 is 4.79 Å². The maximum absolute atomic E-state index is 12.5. The van der Waals surface area contributed by atoms with Crippen LogP contribution in [0.1, 0.15) is 39.9 Å². The van der Waals surface area contributed by atoms with Crippen LogP contribution in [0.5, 0.6) is 0 Å². The molecule has 0 radical (unpaired) electrons. The summed E-state index contributed by atoms with van der Waals surface area (Å²) in [5, 5.41) is 3.38. The molecule has 1 amide bonds. The fourth-order valence-electron chi connectivity index (χ4n) is 2.57. The number of hydrogen-bond donors (Lipinski definition) is 1. The zero-order valence-corrected chi connectivity index (χ0v) is 13.0. The highest BCUT2D eigenvalue weighted by Crippen LogP contribution is 2.23. The maximum atomic E-state index is 12.5. The van der Waals surface area contributed by atoms with Crippen molar-refractivity contribution in [3.8, 4) is 0 Å². The average Bonchev–Trinajstić information content (AvgIpc) is 2.76. The van der Waals surface area contributed by atoms with Crippen LogP contribution in [-0.4, -0.2) is 37.0 Å². The van der Waals surface area contributed by atoms with Gasteiger partial charge in [-0.15, -0.1) is 11.3 Å². The van der Waals surface area contributed by atoms with Crippen molar-refractivity contribution in [3.05, 3.63) is 21.4 Å². The number of nitrogens with zero attached hydrogens (tertiary/aromatic N) is 1. The SMILES string of the molecule is CCN(CC1CCNCC1)C(=O)c1cc(C)c(C)s1. The van der Waals surface area contributed by atoms with E-state index in [1.54, 1.807) is 11.3 Å². The van der Waals surface area contributed by atoms with Crippen LogP contribution in [0.2, 0.25) is 0 Å². The summed E-state index contributed by atoms with van der Waals surface area (Å²) in [6, 6.07) is 2.04. The van der Waals surface area contributed by atoms with E-state index in [0.29, 0.717) is 5.92 Å². The first-order chi connectivity index (χ1) is 9.11. The Labute approximate surface area is 120 Å². The number of rotatable bonds is 4. The van der Waals surface area contributed by atoms with E-state index >= 15 is 0 Å². The van der Waals surface area contributed by atoms with Gasteiger partial charge in [0.1, 0.15) is 0 Å². The molecule has 1 N–H and O–H groups in total. The van der Waals surface area contributed by atoms with Gasteiger partial charge in [-0.3, -0.25) is 4.79 Å². The Hall–Kier alpha value is -0.870. The van der Waals surface area contributed by atoms with Crippen molar-refractivity contribution in [3.63, 3.8) is 0 Å². The summed E-state index contributed by atoms with van der Waals surface area (Å²) in [6.07, 6.45) is 2.37. The summed E-state index contributed by atoms with van der Waals surface area (Å²) in [5.74, 6) is 0.870. The zero-order valence-electron chi connectivity index (χ0n) is 12.2. The lowest BCUT2D eigenvalue weighted by atomic mass is 9.97. The van der Waals surface area contributed by atoms with Gasteiger partial charge < -0.3 is 10.2 Å². The molecule has 1 saturated heterocycles. The van der Waals surface area contributed by atoms with Crippen LogP contribution in [0, 0.1) is 19.8 Å². The van der Waals surface area contributed by atoms with Crippen LogP contribution in [0.3, 0.4) is 0 Å². The highest BCUT2D eigenvalue weighted by molar-refractivity contribution is 7.14. The van der Waals surface area contributed by atoms with Crippen LogP contribution in [0.25, 0.3) is 0 Å². The van der Waals surface area contributed by atoms with E-state index in [2.05, 4.69) is 26.1 Å². The number of amides is 1. The summed E-state index contributed by atoms with van der Waals surface area (Å²) in [4.78, 5) is 16.7. The molecule has 0 atom stereocenters. The molecule has 0 spiro atoms. The molecule has 1 fully saturated rings. The van der Waals surface area contributed by atoms with E-state index in [9.17, 15) is 4.79 Å². The molecule has 2 rings (SSSR count). The standard InChI is InChI=1S/C15H24N2OS/c1-4-17(10-13-5-7-16-8-6-13)15(18)14-9-11(2)12(3)19-14/h9,13,16H,4-8,10H2,1-3H3. The van der Waals surface area contributed by atoms with Gasteiger partial charge >= 0.3 is 0 Å². The number of carbonyl (C=O) groups excluding carboxylic acids is 1. The molecule has 0 saturated carbocycles. The topological polar surface area (TPSA) is 32.3 Å². The first-order valence-corrected chi connectivity index (χ1v) is 8.00. The minimum atomic E-state index is 0.210. The number of nitrogens with one attached hydrogen (secondary N) is 1. The Balaban J connectivity index is 2.01. The quantitative estimate of drug-likeness (QED) is 0.920. The van der Waals surface area contributed by atoms with Crippen molar-refractivity contribution in [1.29, 1.82) is 0 Å². The Morgan fingerprint density at radius 1 is 1.42 bits per heavy atom. The third-order valence-electron chi connectivity index (χ3n) is 3.98. The molecule has 1 aliphatic rings. The molecular weight excluding hydrogens is 256 g/mol. The van der Waals surface area contributed by atoms with Gasteiger partial charge in [-0.2, -0.15) is 0 Å². The minimum absolute atomic E-state index is 0.210. The third-order valence-corrected chi connectivity index (χ3v) is 5.12. The smallest absolute Gasteiger partial charge is 0.263 e. The second-order valence-electron chi connectivity index (χ2n) is 5.39. The average molecular weight is 280 g/mol. The largest absolute Gasteiger partial charge is 0.338 e. The molecule has 106 valence electrons. The Morgan fingerprint density at radius 3 is 2.63 bits per heavy atom. The second kappa shape index (κ2) is 6.53. The predicted molar refractivity (Wildman–Crippen MR) is 81.0 cm³/mol. The van der Waals surface area contributed by atoms with Gasteiger partial charge in [0.25, 0.3) is 5.91 Å². The fourth-order valence-corrected chi connectivity index (χ4v) is 3.57. The lowest BCUT2D eigenvalue weighted by Gasteiger charge is -2.29. The molecule has 0 aliphatic carbocycles. The van der Waals surface area contributed by atoms with Gasteiger partial charge in [0.2, 0.25) is 0 Å². The molecular formula is C15H24N2OS. The Morgan fingerprint density at radius 2 is 2.11 bits per heavy atom. The minimum Gasteiger partial charge on any atom is -0.338 e. The normalized spacial score (nSPS) is 16.6. The van der Waals surface area contributed by atoms with Crippen LogP contribution >= 0.6 is 11.3 Å². The predicted octanol–water partition coefficient (Wildman–Crippen LogP) is 2.83. The van der Waals surface area contributed by atoms with Crippen LogP contribution in [0.15, 0.2) is 6.07 Å². The van der Waals surface area contributed by atoms with Gasteiger partial charge in [0, 0.05) is 18.0 Å². The third kappa shape index (κ3) is 3.57. The summed E-state index contributed by atoms with van der Waals surface area (Å²) < 4.78 is 0. The lowest BCUT2D eigenvalue weighted by molar-refractivity contribution is 0.0731. The Bertz CT molecular complexity index is 416. The highest BCUT2D eigenvalue weighted by atomic mass is 32.1. The summed E-state index contributed by atoms with van der Waals surface area (Å²) in [5.41, 5.74) is 1.23. The molecule has 4 heteroatoms. The highest BCUT2D eigenvalue weighted by Gasteiger charge is 2.22. The summed E-state index contributed by atoms with van der Waals surface area (Å²) in [7, 11) is 0. The summed E-state index contributed by atoms with van der Waals surface area (Å²) >= 11 is 1.62. The zero-order chi connectivity index (χ0) is 13.8. The van der Waals surface area contributed by atoms with Crippen molar-refractivity contribution in [2.75, 3.05) is 26.2 Å². The molecule has 19 heavy (non-hydrogen) atoms. The number of aryl methyl sites for hydroxylation is 2. The van der Waals surface area contributed by atoms with Gasteiger partial charge in [0.05, 0.1) is 4.88 Å². The molecule has 0 bridgehead atoms. The fraction of sp³-hybridized carbons (Fsp3) is 0.667. The van der Waals surface area contributed by atoms with E-state index in [4.69, 9.17) is 0 Å². The number of thiophene rings is 1. The maximum Gasteiger partial charge on any atom is 0.263 e. The van der Waals surface area contributed by atoms with Crippen molar-refractivity contribution in [2.24, 2.45) is 5.92 Å². The van der Waals surface area contributed by atoms with E-state index in [1.807, 2.05) is 11.0 Å². The van der Waals surface area contributed by atoms with Gasteiger partial charge in [-0.1, -0.05) is 0 Å². The lowest BCUT2D eigenvalue weighted by Crippen LogP contribution is -2.39. The van der Waals surface area contributed by atoms with E-state index < -0.39 is 0 Å². The van der Waals surface area contributed by atoms with Crippen molar-refractivity contribution in [1.82, 2.24) is 10.2 Å². The van der Waals surface area contributed by atoms with E-state index in [-0.39, 0.29) is 5.91 Å². The second-order valence-corrected chi connectivity index (χ2v) is 6.64. The molecule has 1 aliphatic heterocycles. The van der Waals surface area contributed by atoms with Gasteiger partial charge in [0.15, 0.2) is 0 Å². The summed E-state index contributed by atoms with van der Waals surface area (Å²) in [6.45, 7) is 10.1. The van der Waals surface area contributed by atoms with Crippen LogP contribution in [0.4, 0.5) is 0 Å². The number of piperidine rings is 1.